The molecule has 1 fully saturated rings. The summed E-state index contributed by atoms with van der Waals surface area (Å²) in [6.07, 6.45) is 2.23. The fourth-order valence-electron chi connectivity index (χ4n) is 5.00. The molecule has 1 aliphatic heterocycles. The van der Waals surface area contributed by atoms with E-state index in [1.54, 1.807) is 14.0 Å². The number of hydrogen-bond acceptors (Lipinski definition) is 9. The molecular weight excluding hydrogens is 543 g/mol. The van der Waals surface area contributed by atoms with E-state index in [4.69, 9.17) is 14.2 Å². The minimum absolute atomic E-state index is 0.0272. The number of hydrogen-bond donors (Lipinski definition) is 0. The number of likely N-dealkylation sites (N-methyl/N-ethyl adjacent to an activating group) is 1. The van der Waals surface area contributed by atoms with Gasteiger partial charge in [-0.1, -0.05) is 11.3 Å². The van der Waals surface area contributed by atoms with Crippen molar-refractivity contribution < 1.29 is 23.4 Å². The molecule has 0 aliphatic carbocycles. The summed E-state index contributed by atoms with van der Waals surface area (Å²) in [4.78, 5) is 43.6. The molecule has 212 valence electrons. The third-order valence-electron chi connectivity index (χ3n) is 7.00. The number of nitrogens with zero attached hydrogens (tertiary/aromatic N) is 6. The van der Waals surface area contributed by atoms with Crippen molar-refractivity contribution in [2.24, 2.45) is 0 Å². The van der Waals surface area contributed by atoms with Crippen molar-refractivity contribution in [3.63, 3.8) is 0 Å². The maximum atomic E-state index is 14.4. The van der Waals surface area contributed by atoms with Gasteiger partial charge in [-0.2, -0.15) is 10.2 Å². The second kappa shape index (κ2) is 11.3. The van der Waals surface area contributed by atoms with Crippen LogP contribution in [0.5, 0.6) is 5.75 Å². The van der Waals surface area contributed by atoms with Gasteiger partial charge >= 0.3 is 5.69 Å². The Balaban J connectivity index is 1.74. The standard InChI is InChI=1S/C26H29FN6O6S/c1-15-22-23(35)32(17-12-21(34)30(2)13-17)26(36)31(25(22)40-24(15)33-28-7-8-29-33)14-20(39-10-9-37-3)18-11-16(27)5-6-19(18)38-4/h5-8,11,17,20H,9-10,12-14H2,1-4H3. The zero-order valence-corrected chi connectivity index (χ0v) is 23.3. The van der Waals surface area contributed by atoms with Crippen LogP contribution in [-0.2, 0) is 20.8 Å². The number of carbonyl (C=O) groups excluding carboxylic acids is 1. The normalized spacial score (nSPS) is 16.3. The molecular formula is C26H29FN6O6S. The zero-order valence-electron chi connectivity index (χ0n) is 22.5. The fraction of sp³-hybridized carbons (Fsp3) is 0.423. The van der Waals surface area contributed by atoms with Gasteiger partial charge in [0.2, 0.25) is 5.91 Å². The number of aromatic nitrogens is 5. The van der Waals surface area contributed by atoms with E-state index in [0.717, 1.165) is 4.57 Å². The van der Waals surface area contributed by atoms with Crippen LogP contribution in [0.3, 0.4) is 0 Å². The van der Waals surface area contributed by atoms with Gasteiger partial charge in [0.05, 0.1) is 50.7 Å². The molecule has 1 aromatic carbocycles. The number of amides is 1. The van der Waals surface area contributed by atoms with Gasteiger partial charge in [0, 0.05) is 38.2 Å². The Kier molecular flexibility index (Phi) is 7.83. The van der Waals surface area contributed by atoms with Gasteiger partial charge in [-0.15, -0.1) is 4.80 Å². The molecule has 14 heteroatoms. The summed E-state index contributed by atoms with van der Waals surface area (Å²) < 4.78 is 33.7. The first-order valence-electron chi connectivity index (χ1n) is 12.6. The number of halogens is 1. The molecule has 4 heterocycles. The number of rotatable bonds is 10. The number of carbonyl (C=O) groups is 1. The Labute approximate surface area is 232 Å². The number of thiophene rings is 1. The van der Waals surface area contributed by atoms with Crippen molar-refractivity contribution in [1.82, 2.24) is 29.0 Å². The highest BCUT2D eigenvalue weighted by molar-refractivity contribution is 7.21. The van der Waals surface area contributed by atoms with Gasteiger partial charge in [0.1, 0.15) is 27.5 Å². The summed E-state index contributed by atoms with van der Waals surface area (Å²) in [7, 11) is 4.63. The van der Waals surface area contributed by atoms with Gasteiger partial charge in [0.25, 0.3) is 5.56 Å². The van der Waals surface area contributed by atoms with Crippen LogP contribution in [0.15, 0.2) is 40.2 Å². The van der Waals surface area contributed by atoms with Gasteiger partial charge in [-0.3, -0.25) is 18.7 Å². The Hall–Kier alpha value is -3.88. The molecule has 1 saturated heterocycles. The zero-order chi connectivity index (χ0) is 28.6. The van der Waals surface area contributed by atoms with Crippen molar-refractivity contribution >= 4 is 27.5 Å². The minimum atomic E-state index is -0.839. The van der Waals surface area contributed by atoms with Crippen LogP contribution in [0.4, 0.5) is 4.39 Å². The summed E-state index contributed by atoms with van der Waals surface area (Å²) in [5.74, 6) is -0.268. The lowest BCUT2D eigenvalue weighted by Gasteiger charge is -2.23. The number of fused-ring (bicyclic) bond motifs is 1. The molecule has 12 nitrogen and oxygen atoms in total. The van der Waals surface area contributed by atoms with Crippen LogP contribution in [-0.4, -0.2) is 76.0 Å². The van der Waals surface area contributed by atoms with E-state index in [-0.39, 0.29) is 38.6 Å². The molecule has 1 amide bonds. The lowest BCUT2D eigenvalue weighted by atomic mass is 10.1. The van der Waals surface area contributed by atoms with Crippen LogP contribution in [0.1, 0.15) is 29.7 Å². The maximum Gasteiger partial charge on any atom is 0.332 e. The molecule has 5 rings (SSSR count). The molecule has 0 radical (unpaired) electrons. The van der Waals surface area contributed by atoms with Crippen molar-refractivity contribution in [3.05, 3.63) is 68.4 Å². The minimum Gasteiger partial charge on any atom is -0.496 e. The molecule has 3 aromatic heterocycles. The van der Waals surface area contributed by atoms with E-state index in [1.165, 1.54) is 70.4 Å². The second-order valence-corrected chi connectivity index (χ2v) is 10.4. The monoisotopic (exact) mass is 572 g/mol. The Morgan fingerprint density at radius 3 is 2.55 bits per heavy atom. The molecule has 0 spiro atoms. The predicted octanol–water partition coefficient (Wildman–Crippen LogP) is 2.07. The highest BCUT2D eigenvalue weighted by atomic mass is 32.1. The number of methoxy groups -OCH3 is 2. The van der Waals surface area contributed by atoms with Crippen molar-refractivity contribution in [3.8, 4) is 10.8 Å². The lowest BCUT2D eigenvalue weighted by molar-refractivity contribution is -0.126. The highest BCUT2D eigenvalue weighted by Gasteiger charge is 2.33. The van der Waals surface area contributed by atoms with Crippen molar-refractivity contribution in [2.75, 3.05) is 41.0 Å². The first kappa shape index (κ1) is 27.7. The van der Waals surface area contributed by atoms with Crippen LogP contribution in [0.25, 0.3) is 15.2 Å². The van der Waals surface area contributed by atoms with Gasteiger partial charge in [0.15, 0.2) is 0 Å². The summed E-state index contributed by atoms with van der Waals surface area (Å²) in [6.45, 7) is 2.35. The summed E-state index contributed by atoms with van der Waals surface area (Å²) >= 11 is 1.19. The summed E-state index contributed by atoms with van der Waals surface area (Å²) in [6, 6.07) is 3.43. The van der Waals surface area contributed by atoms with E-state index >= 15 is 0 Å². The van der Waals surface area contributed by atoms with Crippen molar-refractivity contribution in [2.45, 2.75) is 32.0 Å². The molecule has 40 heavy (non-hydrogen) atoms. The second-order valence-electron chi connectivity index (χ2n) is 9.47. The largest absolute Gasteiger partial charge is 0.496 e. The van der Waals surface area contributed by atoms with Gasteiger partial charge < -0.3 is 19.1 Å². The van der Waals surface area contributed by atoms with Gasteiger partial charge in [-0.05, 0) is 25.1 Å². The van der Waals surface area contributed by atoms with Crippen LogP contribution in [0, 0.1) is 12.7 Å². The van der Waals surface area contributed by atoms with Crippen molar-refractivity contribution in [1.29, 1.82) is 0 Å². The molecule has 0 bridgehead atoms. The predicted molar refractivity (Wildman–Crippen MR) is 145 cm³/mol. The summed E-state index contributed by atoms with van der Waals surface area (Å²) in [5.41, 5.74) is -0.0878. The van der Waals surface area contributed by atoms with E-state index in [2.05, 4.69) is 10.2 Å². The Bertz CT molecular complexity index is 1660. The quantitative estimate of drug-likeness (QED) is 0.265. The lowest BCUT2D eigenvalue weighted by Crippen LogP contribution is -2.43. The molecule has 0 N–H and O–H groups in total. The molecule has 0 saturated carbocycles. The number of benzene rings is 1. The highest BCUT2D eigenvalue weighted by Crippen LogP contribution is 2.34. The number of aryl methyl sites for hydroxylation is 1. The van der Waals surface area contributed by atoms with Crippen LogP contribution in [0.2, 0.25) is 0 Å². The van der Waals surface area contributed by atoms with E-state index in [0.29, 0.717) is 32.1 Å². The first-order chi connectivity index (χ1) is 19.2. The average Bonchev–Trinajstić information content (AvgIpc) is 3.65. The summed E-state index contributed by atoms with van der Waals surface area (Å²) in [5, 5.41) is 9.31. The van der Waals surface area contributed by atoms with Crippen LogP contribution < -0.4 is 16.0 Å². The molecule has 2 atom stereocenters. The number of likely N-dealkylation sites (tertiary alicyclic amines) is 1. The average molecular weight is 573 g/mol. The van der Waals surface area contributed by atoms with Crippen LogP contribution >= 0.6 is 11.3 Å². The molecule has 1 aliphatic rings. The number of ether oxygens (including phenoxy) is 3. The Morgan fingerprint density at radius 2 is 1.90 bits per heavy atom. The fourth-order valence-corrected chi connectivity index (χ4v) is 6.22. The first-order valence-corrected chi connectivity index (χ1v) is 13.4. The van der Waals surface area contributed by atoms with E-state index in [9.17, 15) is 18.8 Å². The van der Waals surface area contributed by atoms with Gasteiger partial charge in [-0.25, -0.2) is 9.18 Å². The van der Waals surface area contributed by atoms with E-state index < -0.39 is 29.2 Å². The molecule has 4 aromatic rings. The SMILES string of the molecule is COCCOC(Cn1c(=O)n(C2CC(=O)N(C)C2)c(=O)c2c(C)c(-n3nccn3)sc21)c1cc(F)ccc1OC. The third kappa shape index (κ3) is 4.93. The van der Waals surface area contributed by atoms with E-state index in [1.807, 2.05) is 0 Å². The smallest absolute Gasteiger partial charge is 0.332 e. The Morgan fingerprint density at radius 1 is 1.15 bits per heavy atom. The topological polar surface area (TPSA) is 123 Å². The molecule has 2 unspecified atom stereocenters. The maximum absolute atomic E-state index is 14.4. The third-order valence-corrected chi connectivity index (χ3v) is 8.28.